The lowest BCUT2D eigenvalue weighted by Gasteiger charge is -2.05. The number of aliphatic carboxylic acids is 1. The Labute approximate surface area is 121 Å². The third-order valence-electron chi connectivity index (χ3n) is 2.37. The van der Waals surface area contributed by atoms with Crippen molar-refractivity contribution < 1.29 is 14.7 Å². The molecular weight excluding hydrogens is 289 g/mol. The van der Waals surface area contributed by atoms with Crippen LogP contribution in [-0.2, 0) is 9.59 Å². The van der Waals surface area contributed by atoms with Crippen LogP contribution in [-0.4, -0.2) is 23.5 Å². The minimum atomic E-state index is -0.950. The van der Waals surface area contributed by atoms with Crippen molar-refractivity contribution in [2.75, 3.05) is 6.54 Å². The quantitative estimate of drug-likeness (QED) is 0.822. The van der Waals surface area contributed by atoms with Gasteiger partial charge in [-0.3, -0.25) is 9.59 Å². The second-order valence-corrected chi connectivity index (χ2v) is 4.81. The normalized spacial score (nSPS) is 12.4. The lowest BCUT2D eigenvalue weighted by Crippen LogP contribution is -2.30. The van der Waals surface area contributed by atoms with E-state index in [1.54, 1.807) is 24.3 Å². The molecule has 0 saturated heterocycles. The Hall–Kier alpha value is -1.52. The third kappa shape index (κ3) is 5.32. The van der Waals surface area contributed by atoms with Crippen LogP contribution in [0.15, 0.2) is 24.3 Å². The Morgan fingerprint density at radius 3 is 2.63 bits per heavy atom. The van der Waals surface area contributed by atoms with Crippen LogP contribution in [0.2, 0.25) is 10.0 Å². The number of amides is 1. The first-order valence-electron chi connectivity index (χ1n) is 5.54. The predicted octanol–water partition coefficient (Wildman–Crippen LogP) is 2.84. The minimum absolute atomic E-state index is 0.0832. The first kappa shape index (κ1) is 15.5. The van der Waals surface area contributed by atoms with Gasteiger partial charge in [0.05, 0.1) is 16.0 Å². The molecule has 0 aliphatic heterocycles. The number of carboxylic acid groups (broad SMARTS) is 1. The van der Waals surface area contributed by atoms with Crippen molar-refractivity contribution in [1.29, 1.82) is 0 Å². The van der Waals surface area contributed by atoms with Gasteiger partial charge in [0.25, 0.3) is 0 Å². The SMILES string of the molecule is CC(CNC(=O)C=Cc1ccc(Cl)c(Cl)c1)C(=O)O. The smallest absolute Gasteiger partial charge is 0.308 e. The topological polar surface area (TPSA) is 66.4 Å². The second kappa shape index (κ2) is 7.16. The van der Waals surface area contributed by atoms with Crippen LogP contribution >= 0.6 is 23.2 Å². The van der Waals surface area contributed by atoms with E-state index >= 15 is 0 Å². The second-order valence-electron chi connectivity index (χ2n) is 3.99. The van der Waals surface area contributed by atoms with Gasteiger partial charge in [-0.05, 0) is 23.8 Å². The van der Waals surface area contributed by atoms with E-state index in [2.05, 4.69) is 5.32 Å². The van der Waals surface area contributed by atoms with Gasteiger partial charge in [-0.25, -0.2) is 0 Å². The third-order valence-corrected chi connectivity index (χ3v) is 3.11. The maximum atomic E-state index is 11.4. The lowest BCUT2D eigenvalue weighted by atomic mass is 10.2. The summed E-state index contributed by atoms with van der Waals surface area (Å²) in [4.78, 5) is 22.0. The summed E-state index contributed by atoms with van der Waals surface area (Å²) in [6, 6.07) is 4.99. The molecule has 1 aromatic carbocycles. The molecule has 1 unspecified atom stereocenters. The van der Waals surface area contributed by atoms with Gasteiger partial charge >= 0.3 is 5.97 Å². The van der Waals surface area contributed by atoms with Crippen LogP contribution < -0.4 is 5.32 Å². The summed E-state index contributed by atoms with van der Waals surface area (Å²) >= 11 is 11.6. The van der Waals surface area contributed by atoms with E-state index in [-0.39, 0.29) is 12.5 Å². The zero-order valence-electron chi connectivity index (χ0n) is 10.2. The van der Waals surface area contributed by atoms with Crippen molar-refractivity contribution in [2.45, 2.75) is 6.92 Å². The van der Waals surface area contributed by atoms with Crippen LogP contribution in [0.3, 0.4) is 0 Å². The van der Waals surface area contributed by atoms with Crippen molar-refractivity contribution in [2.24, 2.45) is 5.92 Å². The van der Waals surface area contributed by atoms with Crippen molar-refractivity contribution in [3.8, 4) is 0 Å². The molecular formula is C13H13Cl2NO3. The van der Waals surface area contributed by atoms with E-state index in [1.807, 2.05) is 0 Å². The average molecular weight is 302 g/mol. The standard InChI is InChI=1S/C13H13Cl2NO3/c1-8(13(18)19)7-16-12(17)5-3-9-2-4-10(14)11(15)6-9/h2-6,8H,7H2,1H3,(H,16,17)(H,18,19). The number of carboxylic acids is 1. The Balaban J connectivity index is 2.54. The minimum Gasteiger partial charge on any atom is -0.481 e. The molecule has 1 amide bonds. The zero-order valence-corrected chi connectivity index (χ0v) is 11.7. The van der Waals surface area contributed by atoms with Crippen molar-refractivity contribution in [3.05, 3.63) is 39.9 Å². The summed E-state index contributed by atoms with van der Waals surface area (Å²) in [5, 5.41) is 12.0. The molecule has 6 heteroatoms. The van der Waals surface area contributed by atoms with E-state index in [0.29, 0.717) is 10.0 Å². The van der Waals surface area contributed by atoms with Gasteiger partial charge in [-0.1, -0.05) is 36.2 Å². The van der Waals surface area contributed by atoms with Crippen molar-refractivity contribution in [1.82, 2.24) is 5.32 Å². The number of halogens is 2. The highest BCUT2D eigenvalue weighted by Crippen LogP contribution is 2.22. The maximum Gasteiger partial charge on any atom is 0.308 e. The van der Waals surface area contributed by atoms with Gasteiger partial charge in [0.2, 0.25) is 5.91 Å². The molecule has 19 heavy (non-hydrogen) atoms. The fraction of sp³-hybridized carbons (Fsp3) is 0.231. The Morgan fingerprint density at radius 1 is 1.37 bits per heavy atom. The van der Waals surface area contributed by atoms with E-state index < -0.39 is 11.9 Å². The van der Waals surface area contributed by atoms with Crippen LogP contribution in [0.4, 0.5) is 0 Å². The number of benzene rings is 1. The fourth-order valence-electron chi connectivity index (χ4n) is 1.19. The molecule has 0 saturated carbocycles. The van der Waals surface area contributed by atoms with Crippen LogP contribution in [0.25, 0.3) is 6.08 Å². The number of carbonyl (C=O) groups excluding carboxylic acids is 1. The van der Waals surface area contributed by atoms with E-state index in [9.17, 15) is 9.59 Å². The molecule has 0 bridgehead atoms. The molecule has 1 rings (SSSR count). The molecule has 102 valence electrons. The van der Waals surface area contributed by atoms with Gasteiger partial charge in [0.15, 0.2) is 0 Å². The first-order chi connectivity index (χ1) is 8.90. The highest BCUT2D eigenvalue weighted by molar-refractivity contribution is 6.42. The Morgan fingerprint density at radius 2 is 2.05 bits per heavy atom. The van der Waals surface area contributed by atoms with Gasteiger partial charge in [0, 0.05) is 12.6 Å². The number of nitrogens with one attached hydrogen (secondary N) is 1. The van der Waals surface area contributed by atoms with E-state index in [0.717, 1.165) is 5.56 Å². The largest absolute Gasteiger partial charge is 0.481 e. The maximum absolute atomic E-state index is 11.4. The molecule has 4 nitrogen and oxygen atoms in total. The molecule has 0 heterocycles. The van der Waals surface area contributed by atoms with Gasteiger partial charge in [-0.2, -0.15) is 0 Å². The summed E-state index contributed by atoms with van der Waals surface area (Å²) in [6.07, 6.45) is 2.89. The van der Waals surface area contributed by atoms with Gasteiger partial charge in [-0.15, -0.1) is 0 Å². The van der Waals surface area contributed by atoms with Crippen molar-refractivity contribution in [3.63, 3.8) is 0 Å². The molecule has 1 atom stereocenters. The number of hydrogen-bond donors (Lipinski definition) is 2. The summed E-state index contributed by atoms with van der Waals surface area (Å²) in [7, 11) is 0. The van der Waals surface area contributed by atoms with Gasteiger partial charge in [0.1, 0.15) is 0 Å². The number of rotatable bonds is 5. The molecule has 0 aliphatic rings. The first-order valence-corrected chi connectivity index (χ1v) is 6.29. The molecule has 1 aromatic rings. The Kier molecular flexibility index (Phi) is 5.86. The lowest BCUT2D eigenvalue weighted by molar-refractivity contribution is -0.141. The Bertz CT molecular complexity index is 515. The predicted molar refractivity (Wildman–Crippen MR) is 75.3 cm³/mol. The molecule has 0 fully saturated rings. The zero-order chi connectivity index (χ0) is 14.4. The van der Waals surface area contributed by atoms with Crippen LogP contribution in [0.1, 0.15) is 12.5 Å². The summed E-state index contributed by atoms with van der Waals surface area (Å²) in [5.41, 5.74) is 0.732. The number of carbonyl (C=O) groups is 2. The van der Waals surface area contributed by atoms with Gasteiger partial charge < -0.3 is 10.4 Å². The monoisotopic (exact) mass is 301 g/mol. The molecule has 0 radical (unpaired) electrons. The molecule has 0 aromatic heterocycles. The fourth-order valence-corrected chi connectivity index (χ4v) is 1.49. The van der Waals surface area contributed by atoms with Crippen LogP contribution in [0.5, 0.6) is 0 Å². The summed E-state index contributed by atoms with van der Waals surface area (Å²) in [6.45, 7) is 1.60. The van der Waals surface area contributed by atoms with Crippen molar-refractivity contribution >= 4 is 41.2 Å². The summed E-state index contributed by atoms with van der Waals surface area (Å²) < 4.78 is 0. The molecule has 0 spiro atoms. The highest BCUT2D eigenvalue weighted by Gasteiger charge is 2.10. The summed E-state index contributed by atoms with van der Waals surface area (Å²) in [5.74, 6) is -1.93. The van der Waals surface area contributed by atoms with E-state index in [4.69, 9.17) is 28.3 Å². The van der Waals surface area contributed by atoms with Crippen LogP contribution in [0, 0.1) is 5.92 Å². The number of hydrogen-bond acceptors (Lipinski definition) is 2. The highest BCUT2D eigenvalue weighted by atomic mass is 35.5. The molecule has 0 aliphatic carbocycles. The molecule has 2 N–H and O–H groups in total. The average Bonchev–Trinajstić information content (AvgIpc) is 2.37. The van der Waals surface area contributed by atoms with E-state index in [1.165, 1.54) is 13.0 Å².